The van der Waals surface area contributed by atoms with Gasteiger partial charge in [0.2, 0.25) is 10.0 Å². The van der Waals surface area contributed by atoms with Crippen LogP contribution in [0.15, 0.2) is 34.5 Å². The smallest absolute Gasteiger partial charge is 0.350 e. The number of ether oxygens (including phenoxy) is 2. The van der Waals surface area contributed by atoms with Crippen molar-refractivity contribution < 1.29 is 27.5 Å². The predicted molar refractivity (Wildman–Crippen MR) is 124 cm³/mol. The van der Waals surface area contributed by atoms with E-state index in [2.05, 4.69) is 0 Å². The highest BCUT2D eigenvalue weighted by Gasteiger charge is 2.32. The lowest BCUT2D eigenvalue weighted by Crippen LogP contribution is -2.39. The van der Waals surface area contributed by atoms with Gasteiger partial charge in [0.05, 0.1) is 7.11 Å². The number of fused-ring (bicyclic) bond motifs is 1. The van der Waals surface area contributed by atoms with Gasteiger partial charge in [0.1, 0.15) is 15.5 Å². The molecule has 1 fully saturated rings. The Labute approximate surface area is 195 Å². The molecule has 0 bridgehead atoms. The topological polar surface area (TPSA) is 93.2 Å². The molecule has 2 aliphatic rings. The molecule has 2 aromatic rings. The number of anilines is 1. The fourth-order valence-corrected chi connectivity index (χ4v) is 7.67. The third-order valence-corrected chi connectivity index (χ3v) is 9.34. The highest BCUT2D eigenvalue weighted by molar-refractivity contribution is 7.99. The van der Waals surface area contributed by atoms with Crippen molar-refractivity contribution in [1.82, 2.24) is 4.31 Å². The Balaban J connectivity index is 1.44. The summed E-state index contributed by atoms with van der Waals surface area (Å²) in [6, 6.07) is 6.95. The standard InChI is InChI=1S/C21H24N2O6S3/c1-28-16-4-5-17-15(13-16)3-2-7-23(17)19(24)14-29-21(25)20-18(6-10-31-20)32(26,27)22-8-11-30-12-9-22/h4-6,10,13H,2-3,7-9,11-12,14H2,1H3. The number of esters is 1. The molecule has 3 heterocycles. The minimum absolute atomic E-state index is 0.000179. The molecule has 0 atom stereocenters. The minimum atomic E-state index is -3.78. The Bertz CT molecular complexity index is 1110. The van der Waals surface area contributed by atoms with Crippen LogP contribution in [0.2, 0.25) is 0 Å². The molecule has 1 saturated heterocycles. The molecule has 1 amide bonds. The summed E-state index contributed by atoms with van der Waals surface area (Å²) in [4.78, 5) is 27.0. The van der Waals surface area contributed by atoms with Gasteiger partial charge in [-0.1, -0.05) is 0 Å². The van der Waals surface area contributed by atoms with E-state index < -0.39 is 22.6 Å². The number of hydrogen-bond acceptors (Lipinski definition) is 8. The van der Waals surface area contributed by atoms with E-state index in [1.54, 1.807) is 35.2 Å². The number of carbonyl (C=O) groups excluding carboxylic acids is 2. The van der Waals surface area contributed by atoms with Crippen LogP contribution in [-0.4, -0.2) is 69.5 Å². The summed E-state index contributed by atoms with van der Waals surface area (Å²) in [5.74, 6) is 1.02. The maximum absolute atomic E-state index is 13.0. The first-order chi connectivity index (χ1) is 15.4. The lowest BCUT2D eigenvalue weighted by atomic mass is 10.0. The Morgan fingerprint density at radius 3 is 2.66 bits per heavy atom. The zero-order chi connectivity index (χ0) is 22.7. The monoisotopic (exact) mass is 496 g/mol. The van der Waals surface area contributed by atoms with Gasteiger partial charge in [0, 0.05) is 36.8 Å². The Hall–Kier alpha value is -2.08. The molecule has 2 aliphatic heterocycles. The van der Waals surface area contributed by atoms with Crippen LogP contribution >= 0.6 is 23.1 Å². The number of amides is 1. The molecule has 11 heteroatoms. The normalized spacial score (nSPS) is 17.0. The van der Waals surface area contributed by atoms with Crippen molar-refractivity contribution >= 4 is 50.7 Å². The van der Waals surface area contributed by atoms with Gasteiger partial charge in [-0.25, -0.2) is 13.2 Å². The fourth-order valence-electron chi connectivity index (χ4n) is 3.81. The molecule has 172 valence electrons. The predicted octanol–water partition coefficient (Wildman–Crippen LogP) is 2.63. The number of carbonyl (C=O) groups is 2. The minimum Gasteiger partial charge on any atom is -0.497 e. The van der Waals surface area contributed by atoms with E-state index in [1.807, 2.05) is 12.1 Å². The Kier molecular flexibility index (Phi) is 7.08. The van der Waals surface area contributed by atoms with Crippen LogP contribution in [0, 0.1) is 0 Å². The van der Waals surface area contributed by atoms with E-state index in [1.165, 1.54) is 10.4 Å². The molecule has 1 aromatic heterocycles. The number of benzene rings is 1. The van der Waals surface area contributed by atoms with Gasteiger partial charge >= 0.3 is 5.97 Å². The van der Waals surface area contributed by atoms with Crippen LogP contribution in [0.5, 0.6) is 5.75 Å². The zero-order valence-corrected chi connectivity index (χ0v) is 20.1. The first kappa shape index (κ1) is 23.1. The van der Waals surface area contributed by atoms with Gasteiger partial charge in [-0.2, -0.15) is 16.1 Å². The molecule has 0 saturated carbocycles. The third kappa shape index (κ3) is 4.66. The van der Waals surface area contributed by atoms with Crippen molar-refractivity contribution in [2.75, 3.05) is 49.8 Å². The maximum atomic E-state index is 13.0. The van der Waals surface area contributed by atoms with E-state index in [0.29, 0.717) is 19.6 Å². The van der Waals surface area contributed by atoms with Crippen molar-refractivity contribution in [3.8, 4) is 5.75 Å². The van der Waals surface area contributed by atoms with Crippen molar-refractivity contribution in [2.45, 2.75) is 17.7 Å². The number of thioether (sulfide) groups is 1. The maximum Gasteiger partial charge on any atom is 0.350 e. The highest BCUT2D eigenvalue weighted by Crippen LogP contribution is 2.31. The summed E-state index contributed by atoms with van der Waals surface area (Å²) in [5.41, 5.74) is 1.78. The van der Waals surface area contributed by atoms with Gasteiger partial charge in [-0.15, -0.1) is 11.3 Å². The summed E-state index contributed by atoms with van der Waals surface area (Å²) in [6.45, 7) is 0.896. The Morgan fingerprint density at radius 2 is 1.91 bits per heavy atom. The van der Waals surface area contributed by atoms with E-state index >= 15 is 0 Å². The van der Waals surface area contributed by atoms with Gasteiger partial charge in [-0.3, -0.25) is 4.79 Å². The summed E-state index contributed by atoms with van der Waals surface area (Å²) >= 11 is 2.70. The van der Waals surface area contributed by atoms with Gasteiger partial charge in [0.25, 0.3) is 5.91 Å². The summed E-state index contributed by atoms with van der Waals surface area (Å²) in [7, 11) is -2.18. The van der Waals surface area contributed by atoms with Crippen LogP contribution in [0.3, 0.4) is 0 Å². The number of thiophene rings is 1. The van der Waals surface area contributed by atoms with Gasteiger partial charge in [-0.05, 0) is 48.1 Å². The number of sulfonamides is 1. The molecular weight excluding hydrogens is 472 g/mol. The number of nitrogens with zero attached hydrogens (tertiary/aromatic N) is 2. The summed E-state index contributed by atoms with van der Waals surface area (Å²) in [6.07, 6.45) is 1.63. The Morgan fingerprint density at radius 1 is 1.12 bits per heavy atom. The summed E-state index contributed by atoms with van der Waals surface area (Å²) in [5, 5.41) is 1.55. The molecular formula is C21H24N2O6S3. The van der Waals surface area contributed by atoms with Crippen LogP contribution in [0.4, 0.5) is 5.69 Å². The van der Waals surface area contributed by atoms with Gasteiger partial charge in [0.15, 0.2) is 6.61 Å². The average molecular weight is 497 g/mol. The quantitative estimate of drug-likeness (QED) is 0.568. The highest BCUT2D eigenvalue weighted by atomic mass is 32.2. The molecule has 4 rings (SSSR count). The molecule has 0 N–H and O–H groups in total. The molecule has 0 radical (unpaired) electrons. The number of rotatable bonds is 6. The van der Waals surface area contributed by atoms with Crippen molar-refractivity contribution in [3.63, 3.8) is 0 Å². The number of hydrogen-bond donors (Lipinski definition) is 0. The molecule has 1 aromatic carbocycles. The number of methoxy groups -OCH3 is 1. The second-order valence-corrected chi connectivity index (χ2v) is 11.4. The largest absolute Gasteiger partial charge is 0.497 e. The summed E-state index contributed by atoms with van der Waals surface area (Å²) < 4.78 is 37.9. The van der Waals surface area contributed by atoms with Crippen molar-refractivity contribution in [1.29, 1.82) is 0 Å². The first-order valence-electron chi connectivity index (χ1n) is 10.2. The lowest BCUT2D eigenvalue weighted by molar-refractivity contribution is -0.121. The number of aryl methyl sites for hydroxylation is 1. The molecule has 0 unspecified atom stereocenters. The second-order valence-electron chi connectivity index (χ2n) is 7.35. The first-order valence-corrected chi connectivity index (χ1v) is 13.7. The fraction of sp³-hybridized carbons (Fsp3) is 0.429. The third-order valence-electron chi connectivity index (χ3n) is 5.44. The van der Waals surface area contributed by atoms with E-state index in [-0.39, 0.29) is 15.7 Å². The van der Waals surface area contributed by atoms with Crippen LogP contribution < -0.4 is 9.64 Å². The van der Waals surface area contributed by atoms with E-state index in [0.717, 1.165) is 52.7 Å². The van der Waals surface area contributed by atoms with Crippen molar-refractivity contribution in [2.24, 2.45) is 0 Å². The van der Waals surface area contributed by atoms with Crippen LogP contribution in [0.25, 0.3) is 0 Å². The molecule has 0 aliphatic carbocycles. The second kappa shape index (κ2) is 9.82. The van der Waals surface area contributed by atoms with E-state index in [4.69, 9.17) is 9.47 Å². The SMILES string of the molecule is COc1ccc2c(c1)CCCN2C(=O)COC(=O)c1sccc1S(=O)(=O)N1CCSCC1. The average Bonchev–Trinajstić information content (AvgIpc) is 3.33. The van der Waals surface area contributed by atoms with Crippen molar-refractivity contribution in [3.05, 3.63) is 40.1 Å². The lowest BCUT2D eigenvalue weighted by Gasteiger charge is -2.29. The van der Waals surface area contributed by atoms with Crippen LogP contribution in [0.1, 0.15) is 21.7 Å². The van der Waals surface area contributed by atoms with Gasteiger partial charge < -0.3 is 14.4 Å². The molecule has 8 nitrogen and oxygen atoms in total. The molecule has 0 spiro atoms. The van der Waals surface area contributed by atoms with E-state index in [9.17, 15) is 18.0 Å². The molecule has 32 heavy (non-hydrogen) atoms. The van der Waals surface area contributed by atoms with Crippen LogP contribution in [-0.2, 0) is 26.0 Å². The zero-order valence-electron chi connectivity index (χ0n) is 17.6.